The number of fused-ring (bicyclic) bond motifs is 3. The predicted molar refractivity (Wildman–Crippen MR) is 124 cm³/mol. The number of rotatable bonds is 5. The van der Waals surface area contributed by atoms with Crippen LogP contribution >= 0.6 is 22.7 Å². The summed E-state index contributed by atoms with van der Waals surface area (Å²) in [6.45, 7) is 4.32. The zero-order valence-corrected chi connectivity index (χ0v) is 19.3. The lowest BCUT2D eigenvalue weighted by Gasteiger charge is -2.23. The SMILES string of the molecule is Cc1nc(C(C)n2cnc3sc4c(c3c2=O)CCC(NCc2cc(F)cc(F)c2)C4)cs1. The topological polar surface area (TPSA) is 59.8 Å². The van der Waals surface area contributed by atoms with Crippen molar-refractivity contribution in [1.82, 2.24) is 19.9 Å². The van der Waals surface area contributed by atoms with E-state index in [1.54, 1.807) is 33.6 Å². The van der Waals surface area contributed by atoms with Crippen molar-refractivity contribution in [1.29, 1.82) is 0 Å². The molecule has 1 aliphatic rings. The third-order valence-electron chi connectivity index (χ3n) is 5.99. The first-order chi connectivity index (χ1) is 15.4. The second kappa shape index (κ2) is 8.46. The molecule has 2 atom stereocenters. The average molecular weight is 473 g/mol. The van der Waals surface area contributed by atoms with Crippen LogP contribution in [0.15, 0.2) is 34.7 Å². The highest BCUT2D eigenvalue weighted by Gasteiger charge is 2.26. The monoisotopic (exact) mass is 472 g/mol. The Labute approximate surface area is 191 Å². The third-order valence-corrected chi connectivity index (χ3v) is 7.95. The van der Waals surface area contributed by atoms with E-state index in [4.69, 9.17) is 0 Å². The smallest absolute Gasteiger partial charge is 0.262 e. The molecule has 0 saturated heterocycles. The van der Waals surface area contributed by atoms with Gasteiger partial charge in [-0.2, -0.15) is 0 Å². The molecule has 5 nitrogen and oxygen atoms in total. The van der Waals surface area contributed by atoms with Gasteiger partial charge < -0.3 is 5.32 Å². The maximum atomic E-state index is 13.4. The van der Waals surface area contributed by atoms with Gasteiger partial charge in [0.15, 0.2) is 0 Å². The minimum absolute atomic E-state index is 0.0210. The Bertz CT molecular complexity index is 1340. The summed E-state index contributed by atoms with van der Waals surface area (Å²) in [5, 5.41) is 7.09. The Kier molecular flexibility index (Phi) is 5.65. The largest absolute Gasteiger partial charge is 0.310 e. The van der Waals surface area contributed by atoms with Gasteiger partial charge in [0.05, 0.1) is 28.5 Å². The van der Waals surface area contributed by atoms with E-state index in [2.05, 4.69) is 15.3 Å². The Morgan fingerprint density at radius 1 is 1.28 bits per heavy atom. The molecule has 0 amide bonds. The zero-order valence-electron chi connectivity index (χ0n) is 17.7. The minimum atomic E-state index is -0.568. The van der Waals surface area contributed by atoms with Crippen LogP contribution < -0.4 is 10.9 Å². The van der Waals surface area contributed by atoms with E-state index in [0.717, 1.165) is 56.7 Å². The van der Waals surface area contributed by atoms with Crippen molar-refractivity contribution >= 4 is 32.9 Å². The van der Waals surface area contributed by atoms with Crippen molar-refractivity contribution in [2.45, 2.75) is 51.7 Å². The molecule has 166 valence electrons. The molecule has 4 aromatic rings. The number of halogens is 2. The first-order valence-electron chi connectivity index (χ1n) is 10.5. The van der Waals surface area contributed by atoms with Gasteiger partial charge in [0.25, 0.3) is 5.56 Å². The highest BCUT2D eigenvalue weighted by molar-refractivity contribution is 7.18. The van der Waals surface area contributed by atoms with Gasteiger partial charge in [-0.3, -0.25) is 9.36 Å². The van der Waals surface area contributed by atoms with Crippen molar-refractivity contribution in [3.8, 4) is 0 Å². The molecule has 5 rings (SSSR count). The van der Waals surface area contributed by atoms with Crippen molar-refractivity contribution in [3.63, 3.8) is 0 Å². The second-order valence-corrected chi connectivity index (χ2v) is 10.4. The summed E-state index contributed by atoms with van der Waals surface area (Å²) in [5.41, 5.74) is 2.53. The molecule has 0 spiro atoms. The number of aryl methyl sites for hydroxylation is 2. The molecular formula is C23H22F2N4OS2. The number of hydrogen-bond donors (Lipinski definition) is 1. The number of nitrogens with one attached hydrogen (secondary N) is 1. The van der Waals surface area contributed by atoms with E-state index in [-0.39, 0.29) is 17.6 Å². The minimum Gasteiger partial charge on any atom is -0.310 e. The lowest BCUT2D eigenvalue weighted by molar-refractivity contribution is 0.460. The highest BCUT2D eigenvalue weighted by Crippen LogP contribution is 2.34. The van der Waals surface area contributed by atoms with Crippen LogP contribution in [-0.2, 0) is 19.4 Å². The molecule has 0 fully saturated rings. The summed E-state index contributed by atoms with van der Waals surface area (Å²) in [6.07, 6.45) is 4.02. The molecule has 0 radical (unpaired) electrons. The third kappa shape index (κ3) is 4.00. The maximum absolute atomic E-state index is 13.4. The molecule has 0 bridgehead atoms. The fourth-order valence-corrected chi connectivity index (χ4v) is 6.28. The van der Waals surface area contributed by atoms with Crippen LogP contribution in [0.25, 0.3) is 10.2 Å². The van der Waals surface area contributed by atoms with Gasteiger partial charge in [-0.1, -0.05) is 0 Å². The molecule has 0 saturated carbocycles. The van der Waals surface area contributed by atoms with E-state index in [1.165, 1.54) is 12.1 Å². The molecule has 1 aromatic carbocycles. The Hall–Kier alpha value is -2.49. The van der Waals surface area contributed by atoms with Gasteiger partial charge in [0, 0.05) is 28.9 Å². The molecule has 32 heavy (non-hydrogen) atoms. The van der Waals surface area contributed by atoms with Gasteiger partial charge in [0.1, 0.15) is 16.5 Å². The van der Waals surface area contributed by atoms with E-state index in [9.17, 15) is 13.6 Å². The number of benzene rings is 1. The van der Waals surface area contributed by atoms with Gasteiger partial charge in [-0.15, -0.1) is 22.7 Å². The molecule has 3 heterocycles. The van der Waals surface area contributed by atoms with E-state index in [0.29, 0.717) is 12.1 Å². The Morgan fingerprint density at radius 2 is 2.06 bits per heavy atom. The molecule has 1 aliphatic carbocycles. The number of aromatic nitrogens is 3. The summed E-state index contributed by atoms with van der Waals surface area (Å²) < 4.78 is 28.5. The summed E-state index contributed by atoms with van der Waals surface area (Å²) in [6, 6.07) is 3.58. The second-order valence-electron chi connectivity index (χ2n) is 8.21. The summed E-state index contributed by atoms with van der Waals surface area (Å²) in [7, 11) is 0. The van der Waals surface area contributed by atoms with Crippen LogP contribution in [0.1, 0.15) is 46.1 Å². The number of nitrogens with zero attached hydrogens (tertiary/aromatic N) is 3. The lowest BCUT2D eigenvalue weighted by atomic mass is 9.93. The quantitative estimate of drug-likeness (QED) is 0.455. The van der Waals surface area contributed by atoms with Crippen LogP contribution in [0.5, 0.6) is 0 Å². The molecule has 9 heteroatoms. The standard InChI is InChI=1S/C23H22F2N4OS2/c1-12(19-10-31-13(2)28-19)29-11-27-22-21(23(29)30)18-4-3-17(8-20(18)32-22)26-9-14-5-15(24)7-16(25)6-14/h5-7,10-12,17,26H,3-4,8-9H2,1-2H3. The lowest BCUT2D eigenvalue weighted by Crippen LogP contribution is -2.34. The molecule has 2 unspecified atom stereocenters. The fraction of sp³-hybridized carbons (Fsp3) is 0.348. The van der Waals surface area contributed by atoms with E-state index >= 15 is 0 Å². The van der Waals surface area contributed by atoms with Crippen LogP contribution in [0.2, 0.25) is 0 Å². The molecule has 1 N–H and O–H groups in total. The van der Waals surface area contributed by atoms with Crippen molar-refractivity contribution in [3.05, 3.63) is 78.6 Å². The van der Waals surface area contributed by atoms with Crippen molar-refractivity contribution < 1.29 is 8.78 Å². The van der Waals surface area contributed by atoms with Gasteiger partial charge in [0.2, 0.25) is 0 Å². The maximum Gasteiger partial charge on any atom is 0.262 e. The van der Waals surface area contributed by atoms with E-state index < -0.39 is 11.6 Å². The molecular weight excluding hydrogens is 450 g/mol. The van der Waals surface area contributed by atoms with Gasteiger partial charge >= 0.3 is 0 Å². The predicted octanol–water partition coefficient (Wildman–Crippen LogP) is 4.76. The summed E-state index contributed by atoms with van der Waals surface area (Å²) >= 11 is 3.14. The number of thiophene rings is 1. The zero-order chi connectivity index (χ0) is 22.4. The first kappa shape index (κ1) is 21.4. The van der Waals surface area contributed by atoms with Gasteiger partial charge in [-0.25, -0.2) is 18.7 Å². The Morgan fingerprint density at radius 3 is 2.78 bits per heavy atom. The normalized spacial score (nSPS) is 16.9. The molecule has 0 aliphatic heterocycles. The summed E-state index contributed by atoms with van der Waals surface area (Å²) in [4.78, 5) is 24.4. The highest BCUT2D eigenvalue weighted by atomic mass is 32.1. The van der Waals surface area contributed by atoms with E-state index in [1.807, 2.05) is 19.2 Å². The Balaban J connectivity index is 1.38. The van der Waals surface area contributed by atoms with Crippen LogP contribution in [-0.4, -0.2) is 20.6 Å². The van der Waals surface area contributed by atoms with Crippen LogP contribution in [0, 0.1) is 18.6 Å². The van der Waals surface area contributed by atoms with Gasteiger partial charge in [-0.05, 0) is 56.4 Å². The van der Waals surface area contributed by atoms with Crippen LogP contribution in [0.3, 0.4) is 0 Å². The fourth-order valence-electron chi connectivity index (χ4n) is 4.32. The van der Waals surface area contributed by atoms with Crippen molar-refractivity contribution in [2.24, 2.45) is 0 Å². The first-order valence-corrected chi connectivity index (χ1v) is 12.2. The van der Waals surface area contributed by atoms with Crippen molar-refractivity contribution in [2.75, 3.05) is 0 Å². The van der Waals surface area contributed by atoms with Crippen LogP contribution in [0.4, 0.5) is 8.78 Å². The number of thiazole rings is 1. The summed E-state index contributed by atoms with van der Waals surface area (Å²) in [5.74, 6) is -1.14. The number of hydrogen-bond acceptors (Lipinski definition) is 6. The molecule has 3 aromatic heterocycles. The average Bonchev–Trinajstić information content (AvgIpc) is 3.34.